The lowest BCUT2D eigenvalue weighted by Gasteiger charge is -2.11. The molecule has 0 spiro atoms. The maximum Gasteiger partial charge on any atom is 0.282 e. The van der Waals surface area contributed by atoms with E-state index >= 15 is 0 Å². The molecule has 4 rings (SSSR count). The molecule has 178 valence electrons. The second-order valence-electron chi connectivity index (χ2n) is 7.70. The third-order valence-corrected chi connectivity index (χ3v) is 5.92. The molecule has 0 atom stereocenters. The maximum absolute atomic E-state index is 13.2. The van der Waals surface area contributed by atoms with Gasteiger partial charge in [0.1, 0.15) is 18.2 Å². The molecule has 10 heteroatoms. The molecule has 0 radical (unpaired) electrons. The number of aryl methyl sites for hydroxylation is 1. The molecule has 3 aromatic carbocycles. The van der Waals surface area contributed by atoms with Gasteiger partial charge in [0.2, 0.25) is 0 Å². The minimum Gasteiger partial charge on any atom is -0.488 e. The fourth-order valence-corrected chi connectivity index (χ4v) is 3.93. The highest BCUT2D eigenvalue weighted by Crippen LogP contribution is 2.24. The summed E-state index contributed by atoms with van der Waals surface area (Å²) in [6, 6.07) is 16.7. The first-order valence-electron chi connectivity index (χ1n) is 10.8. The van der Waals surface area contributed by atoms with E-state index in [1.807, 2.05) is 25.1 Å². The second kappa shape index (κ2) is 10.8. The molecule has 0 aliphatic carbocycles. The van der Waals surface area contributed by atoms with Crippen LogP contribution < -0.4 is 10.3 Å². The highest BCUT2D eigenvalue weighted by Gasteiger charge is 2.13. The van der Waals surface area contributed by atoms with Crippen LogP contribution in [0.2, 0.25) is 5.02 Å². The normalized spacial score (nSPS) is 11.3. The smallest absolute Gasteiger partial charge is 0.282 e. The number of rotatable bonds is 8. The van der Waals surface area contributed by atoms with Gasteiger partial charge in [0.15, 0.2) is 0 Å². The fourth-order valence-electron chi connectivity index (χ4n) is 3.44. The van der Waals surface area contributed by atoms with Gasteiger partial charge in [0, 0.05) is 33.6 Å². The van der Waals surface area contributed by atoms with E-state index in [0.717, 1.165) is 16.5 Å². The number of benzene rings is 3. The first-order valence-corrected chi connectivity index (χ1v) is 11.9. The van der Waals surface area contributed by atoms with Gasteiger partial charge in [-0.25, -0.2) is 4.98 Å². The number of nitrogens with zero attached hydrogens (tertiary/aromatic N) is 4. The van der Waals surface area contributed by atoms with E-state index in [-0.39, 0.29) is 17.9 Å². The number of fused-ring (bicyclic) bond motifs is 1. The lowest BCUT2D eigenvalue weighted by atomic mass is 10.2. The quantitative estimate of drug-likeness (QED) is 0.148. The van der Waals surface area contributed by atoms with Gasteiger partial charge < -0.3 is 4.74 Å². The number of halogens is 2. The Labute approximate surface area is 214 Å². The Balaban J connectivity index is 1.75. The molecule has 8 nitrogen and oxygen atoms in total. The van der Waals surface area contributed by atoms with E-state index < -0.39 is 4.92 Å². The molecule has 0 saturated heterocycles. The number of non-ortho nitro benzene ring substituents is 1. The van der Waals surface area contributed by atoms with Gasteiger partial charge in [0.25, 0.3) is 11.2 Å². The van der Waals surface area contributed by atoms with Crippen molar-refractivity contribution in [3.8, 4) is 5.75 Å². The van der Waals surface area contributed by atoms with Crippen LogP contribution >= 0.6 is 27.5 Å². The van der Waals surface area contributed by atoms with Crippen LogP contribution in [0, 0.1) is 10.1 Å². The minimum absolute atomic E-state index is 0.119. The lowest BCUT2D eigenvalue weighted by Crippen LogP contribution is -2.22. The van der Waals surface area contributed by atoms with E-state index in [9.17, 15) is 14.9 Å². The number of hydrogen-bond donors (Lipinski definition) is 0. The van der Waals surface area contributed by atoms with E-state index in [0.29, 0.717) is 39.5 Å². The third-order valence-electron chi connectivity index (χ3n) is 5.17. The van der Waals surface area contributed by atoms with Crippen molar-refractivity contribution in [1.29, 1.82) is 0 Å². The Bertz CT molecular complexity index is 1490. The summed E-state index contributed by atoms with van der Waals surface area (Å²) in [4.78, 5) is 28.7. The summed E-state index contributed by atoms with van der Waals surface area (Å²) >= 11 is 9.32. The summed E-state index contributed by atoms with van der Waals surface area (Å²) in [5, 5.41) is 16.8. The largest absolute Gasteiger partial charge is 0.488 e. The molecule has 0 bridgehead atoms. The van der Waals surface area contributed by atoms with E-state index in [1.54, 1.807) is 24.3 Å². The Kier molecular flexibility index (Phi) is 7.57. The van der Waals surface area contributed by atoms with Crippen molar-refractivity contribution >= 4 is 50.3 Å². The van der Waals surface area contributed by atoms with Crippen molar-refractivity contribution in [2.45, 2.75) is 26.4 Å². The molecule has 0 unspecified atom stereocenters. The third kappa shape index (κ3) is 5.75. The summed E-state index contributed by atoms with van der Waals surface area (Å²) in [5.74, 6) is 0.883. The predicted molar refractivity (Wildman–Crippen MR) is 140 cm³/mol. The van der Waals surface area contributed by atoms with Crippen molar-refractivity contribution in [1.82, 2.24) is 9.66 Å². The van der Waals surface area contributed by atoms with Crippen LogP contribution in [-0.2, 0) is 13.0 Å². The Morgan fingerprint density at radius 3 is 2.66 bits per heavy atom. The minimum atomic E-state index is -0.496. The van der Waals surface area contributed by atoms with E-state index in [4.69, 9.17) is 16.3 Å². The predicted octanol–water partition coefficient (Wildman–Crippen LogP) is 6.13. The first kappa shape index (κ1) is 24.6. The van der Waals surface area contributed by atoms with Crippen LogP contribution in [0.25, 0.3) is 10.9 Å². The molecule has 0 fully saturated rings. The summed E-state index contributed by atoms with van der Waals surface area (Å²) < 4.78 is 7.90. The number of ether oxygens (including phenoxy) is 1. The van der Waals surface area contributed by atoms with Gasteiger partial charge >= 0.3 is 0 Å². The van der Waals surface area contributed by atoms with Crippen LogP contribution in [0.1, 0.15) is 30.3 Å². The van der Waals surface area contributed by atoms with E-state index in [1.165, 1.54) is 29.1 Å². The van der Waals surface area contributed by atoms with Crippen molar-refractivity contribution in [2.24, 2.45) is 5.10 Å². The van der Waals surface area contributed by atoms with Gasteiger partial charge in [-0.2, -0.15) is 9.78 Å². The molecule has 0 saturated carbocycles. The standard InChI is InChI=1S/C25H20BrClN4O4/c1-2-3-24-29-22-10-6-18(26)13-21(22)25(32)30(24)28-14-17-12-20(31(33)34)9-11-23(17)35-15-16-4-7-19(27)8-5-16/h4-14H,2-3,15H2,1H3. The molecule has 1 heterocycles. The SMILES string of the molecule is CCCc1nc2ccc(Br)cc2c(=O)n1N=Cc1cc([N+](=O)[O-])ccc1OCc1ccc(Cl)cc1. The zero-order valence-electron chi connectivity index (χ0n) is 18.6. The zero-order valence-corrected chi connectivity index (χ0v) is 21.0. The van der Waals surface area contributed by atoms with Gasteiger partial charge in [-0.15, -0.1) is 0 Å². The van der Waals surface area contributed by atoms with E-state index in [2.05, 4.69) is 26.0 Å². The lowest BCUT2D eigenvalue weighted by molar-refractivity contribution is -0.384. The molecular weight excluding hydrogens is 536 g/mol. The zero-order chi connectivity index (χ0) is 24.9. The molecular formula is C25H20BrClN4O4. The molecule has 35 heavy (non-hydrogen) atoms. The monoisotopic (exact) mass is 554 g/mol. The fraction of sp³-hybridized carbons (Fsp3) is 0.160. The molecule has 1 aromatic heterocycles. The van der Waals surface area contributed by atoms with Crippen LogP contribution in [0.5, 0.6) is 5.75 Å². The molecule has 0 aliphatic heterocycles. The summed E-state index contributed by atoms with van der Waals surface area (Å²) in [7, 11) is 0. The van der Waals surface area contributed by atoms with Crippen molar-refractivity contribution in [3.05, 3.63) is 108 Å². The maximum atomic E-state index is 13.2. The number of nitro groups is 1. The Hall–Kier alpha value is -3.56. The Morgan fingerprint density at radius 2 is 1.94 bits per heavy atom. The average Bonchev–Trinajstić information content (AvgIpc) is 2.84. The number of hydrogen-bond acceptors (Lipinski definition) is 6. The summed E-state index contributed by atoms with van der Waals surface area (Å²) in [6.07, 6.45) is 2.68. The highest BCUT2D eigenvalue weighted by atomic mass is 79.9. The van der Waals surface area contributed by atoms with Crippen molar-refractivity contribution < 1.29 is 9.66 Å². The summed E-state index contributed by atoms with van der Waals surface area (Å²) in [6.45, 7) is 2.21. The molecule has 0 N–H and O–H groups in total. The molecule has 0 aliphatic rings. The Morgan fingerprint density at radius 1 is 1.17 bits per heavy atom. The average molecular weight is 556 g/mol. The highest BCUT2D eigenvalue weighted by molar-refractivity contribution is 9.10. The molecule has 4 aromatic rings. The molecule has 0 amide bonds. The van der Waals surface area contributed by atoms with Gasteiger partial charge in [-0.3, -0.25) is 14.9 Å². The topological polar surface area (TPSA) is 99.6 Å². The van der Waals surface area contributed by atoms with Gasteiger partial charge in [0.05, 0.1) is 22.0 Å². The van der Waals surface area contributed by atoms with Crippen molar-refractivity contribution in [3.63, 3.8) is 0 Å². The summed E-state index contributed by atoms with van der Waals surface area (Å²) in [5.41, 5.74) is 1.37. The number of nitro benzene ring substituents is 1. The van der Waals surface area contributed by atoms with Crippen LogP contribution in [-0.4, -0.2) is 20.8 Å². The van der Waals surface area contributed by atoms with Gasteiger partial charge in [-0.1, -0.05) is 46.6 Å². The first-order chi connectivity index (χ1) is 16.9. The number of aromatic nitrogens is 2. The second-order valence-corrected chi connectivity index (χ2v) is 9.05. The van der Waals surface area contributed by atoms with Crippen LogP contribution in [0.3, 0.4) is 0 Å². The van der Waals surface area contributed by atoms with Crippen molar-refractivity contribution in [2.75, 3.05) is 0 Å². The van der Waals surface area contributed by atoms with Crippen LogP contribution in [0.4, 0.5) is 5.69 Å². The van der Waals surface area contributed by atoms with Gasteiger partial charge in [-0.05, 0) is 48.4 Å². The van der Waals surface area contributed by atoms with Crippen LogP contribution in [0.15, 0.2) is 75.0 Å².